The number of alkyl halides is 3. The molecule has 3 aliphatic rings. The summed E-state index contributed by atoms with van der Waals surface area (Å²) in [5.74, 6) is -0.826. The van der Waals surface area contributed by atoms with Crippen LogP contribution in [-0.2, 0) is 21.0 Å². The van der Waals surface area contributed by atoms with Gasteiger partial charge in [0, 0.05) is 25.2 Å². The normalized spacial score (nSPS) is 20.9. The van der Waals surface area contributed by atoms with Gasteiger partial charge in [0.25, 0.3) is 5.91 Å². The molecule has 8 nitrogen and oxygen atoms in total. The van der Waals surface area contributed by atoms with Crippen LogP contribution in [0.25, 0.3) is 0 Å². The third-order valence-electron chi connectivity index (χ3n) is 7.79. The lowest BCUT2D eigenvalue weighted by atomic mass is 9.99. The van der Waals surface area contributed by atoms with Crippen LogP contribution >= 0.6 is 0 Å². The topological polar surface area (TPSA) is 111 Å². The number of rotatable bonds is 8. The van der Waals surface area contributed by atoms with Crippen molar-refractivity contribution in [1.29, 1.82) is 5.26 Å². The Balaban J connectivity index is 1.30. The number of halogens is 3. The molecule has 2 aliphatic heterocycles. The summed E-state index contributed by atoms with van der Waals surface area (Å²) in [5.41, 5.74) is -0.0504. The van der Waals surface area contributed by atoms with Gasteiger partial charge in [-0.1, -0.05) is 31.0 Å². The fraction of sp³-hybridized carbons (Fsp3) is 0.464. The second kappa shape index (κ2) is 10.9. The molecule has 2 amide bonds. The molecule has 1 aliphatic carbocycles. The van der Waals surface area contributed by atoms with E-state index in [1.807, 2.05) is 6.07 Å². The van der Waals surface area contributed by atoms with E-state index in [1.54, 1.807) is 0 Å². The molecule has 0 spiro atoms. The first-order valence-electron chi connectivity index (χ1n) is 13.3. The van der Waals surface area contributed by atoms with Crippen LogP contribution in [0.3, 0.4) is 0 Å². The van der Waals surface area contributed by atoms with Gasteiger partial charge in [0.15, 0.2) is 0 Å². The number of nitrogens with zero attached hydrogens (tertiary/aromatic N) is 3. The van der Waals surface area contributed by atoms with Gasteiger partial charge in [0.2, 0.25) is 15.9 Å². The molecular weight excluding hydrogens is 545 g/mol. The molecule has 0 aromatic heterocycles. The fourth-order valence-corrected chi connectivity index (χ4v) is 6.82. The number of carbonyl (C=O) groups is 2. The molecule has 40 heavy (non-hydrogen) atoms. The SMILES string of the molecule is N#CC1CN(S(=O)(=O)c2cccc(C(=O)N3CCC[C@@H]3C(=O)NC(CC3CC3)c3ccc(C(F)(F)F)cc3)c2)C1. The zero-order chi connectivity index (χ0) is 28.7. The van der Waals surface area contributed by atoms with Crippen molar-refractivity contribution in [3.63, 3.8) is 0 Å². The number of likely N-dealkylation sites (tertiary alicyclic amines) is 1. The lowest BCUT2D eigenvalue weighted by molar-refractivity contribution is -0.137. The summed E-state index contributed by atoms with van der Waals surface area (Å²) < 4.78 is 66.2. The largest absolute Gasteiger partial charge is 0.416 e. The van der Waals surface area contributed by atoms with Crippen LogP contribution < -0.4 is 5.32 Å². The third kappa shape index (κ3) is 5.86. The molecule has 0 bridgehead atoms. The van der Waals surface area contributed by atoms with Crippen molar-refractivity contribution in [2.45, 2.75) is 55.3 Å². The Morgan fingerprint density at radius 1 is 1.07 bits per heavy atom. The molecular formula is C28H29F3N4O4S. The van der Waals surface area contributed by atoms with E-state index in [-0.39, 0.29) is 35.4 Å². The highest BCUT2D eigenvalue weighted by Gasteiger charge is 2.39. The molecule has 1 N–H and O–H groups in total. The lowest BCUT2D eigenvalue weighted by Gasteiger charge is -2.34. The van der Waals surface area contributed by atoms with Crippen LogP contribution in [0, 0.1) is 23.2 Å². The third-order valence-corrected chi connectivity index (χ3v) is 9.62. The maximum atomic E-state index is 13.5. The highest BCUT2D eigenvalue weighted by molar-refractivity contribution is 7.89. The summed E-state index contributed by atoms with van der Waals surface area (Å²) in [4.78, 5) is 28.2. The maximum Gasteiger partial charge on any atom is 0.416 e. The average molecular weight is 575 g/mol. The first-order valence-corrected chi connectivity index (χ1v) is 14.7. The standard InChI is InChI=1S/C28H29F3N4O4S/c29-28(30,31)22-10-8-20(9-11-22)24(13-18-6-7-18)33-26(36)25-5-2-12-35(25)27(37)21-3-1-4-23(14-21)40(38,39)34-16-19(15-32)17-34/h1,3-4,8-11,14,18-19,24-25H,2,5-7,12-13,16-17H2,(H,33,36)/t24?,25-/m1/s1. The van der Waals surface area contributed by atoms with E-state index in [1.165, 1.54) is 45.6 Å². The van der Waals surface area contributed by atoms with E-state index in [9.17, 15) is 31.2 Å². The van der Waals surface area contributed by atoms with Gasteiger partial charge in [0.1, 0.15) is 6.04 Å². The number of hydrogen-bond acceptors (Lipinski definition) is 5. The van der Waals surface area contributed by atoms with Crippen LogP contribution in [-0.4, -0.2) is 55.1 Å². The molecule has 1 unspecified atom stereocenters. The van der Waals surface area contributed by atoms with E-state index < -0.39 is 39.8 Å². The van der Waals surface area contributed by atoms with Crippen LogP contribution in [0.2, 0.25) is 0 Å². The Labute approximate surface area is 230 Å². The Bertz CT molecular complexity index is 1430. The molecule has 0 radical (unpaired) electrons. The van der Waals surface area contributed by atoms with Crippen molar-refractivity contribution < 1.29 is 31.2 Å². The average Bonchev–Trinajstić information content (AvgIpc) is 3.58. The minimum Gasteiger partial charge on any atom is -0.347 e. The minimum absolute atomic E-state index is 0.0539. The number of benzene rings is 2. The van der Waals surface area contributed by atoms with E-state index in [0.717, 1.165) is 25.0 Å². The Kier molecular flexibility index (Phi) is 7.63. The molecule has 1 saturated carbocycles. The highest BCUT2D eigenvalue weighted by atomic mass is 32.2. The quantitative estimate of drug-likeness (QED) is 0.510. The van der Waals surface area contributed by atoms with Gasteiger partial charge in [-0.25, -0.2) is 8.42 Å². The first kappa shape index (κ1) is 28.1. The van der Waals surface area contributed by atoms with Gasteiger partial charge in [-0.15, -0.1) is 0 Å². The second-order valence-corrected chi connectivity index (χ2v) is 12.6. The van der Waals surface area contributed by atoms with Crippen molar-refractivity contribution in [2.75, 3.05) is 19.6 Å². The lowest BCUT2D eigenvalue weighted by Crippen LogP contribution is -2.49. The number of amides is 2. The van der Waals surface area contributed by atoms with Crippen LogP contribution in [0.15, 0.2) is 53.4 Å². The van der Waals surface area contributed by atoms with E-state index in [2.05, 4.69) is 5.32 Å². The van der Waals surface area contributed by atoms with Gasteiger partial charge in [0.05, 0.1) is 28.5 Å². The Morgan fingerprint density at radius 2 is 1.77 bits per heavy atom. The predicted octanol–water partition coefficient (Wildman–Crippen LogP) is 4.11. The van der Waals surface area contributed by atoms with Crippen molar-refractivity contribution in [1.82, 2.24) is 14.5 Å². The molecule has 2 aromatic carbocycles. The van der Waals surface area contributed by atoms with Gasteiger partial charge in [-0.2, -0.15) is 22.7 Å². The van der Waals surface area contributed by atoms with Crippen LogP contribution in [0.1, 0.15) is 59.6 Å². The van der Waals surface area contributed by atoms with Gasteiger partial charge < -0.3 is 10.2 Å². The van der Waals surface area contributed by atoms with E-state index in [0.29, 0.717) is 37.3 Å². The molecule has 3 fully saturated rings. The molecule has 12 heteroatoms. The molecule has 2 saturated heterocycles. The summed E-state index contributed by atoms with van der Waals surface area (Å²) in [6.45, 7) is 0.524. The molecule has 212 valence electrons. The van der Waals surface area contributed by atoms with Crippen molar-refractivity contribution in [3.8, 4) is 6.07 Å². The fourth-order valence-electron chi connectivity index (χ4n) is 5.24. The smallest absolute Gasteiger partial charge is 0.347 e. The summed E-state index contributed by atoms with van der Waals surface area (Å²) in [6.07, 6.45) is -0.866. The number of nitrogens with one attached hydrogen (secondary N) is 1. The predicted molar refractivity (Wildman–Crippen MR) is 138 cm³/mol. The van der Waals surface area contributed by atoms with E-state index in [4.69, 9.17) is 5.26 Å². The summed E-state index contributed by atoms with van der Waals surface area (Å²) >= 11 is 0. The maximum absolute atomic E-state index is 13.5. The molecule has 2 heterocycles. The summed E-state index contributed by atoms with van der Waals surface area (Å²) in [7, 11) is -3.86. The van der Waals surface area contributed by atoms with Crippen molar-refractivity contribution in [3.05, 3.63) is 65.2 Å². The molecule has 5 rings (SSSR count). The summed E-state index contributed by atoms with van der Waals surface area (Å²) in [6, 6.07) is 11.2. The Morgan fingerprint density at radius 3 is 2.40 bits per heavy atom. The van der Waals surface area contributed by atoms with Gasteiger partial charge in [-0.05, 0) is 61.1 Å². The Hall–Kier alpha value is -3.43. The zero-order valence-corrected chi connectivity index (χ0v) is 22.4. The number of hydrogen-bond donors (Lipinski definition) is 1. The van der Waals surface area contributed by atoms with Crippen LogP contribution in [0.4, 0.5) is 13.2 Å². The monoisotopic (exact) mass is 574 g/mol. The van der Waals surface area contributed by atoms with Gasteiger partial charge in [-0.3, -0.25) is 9.59 Å². The minimum atomic E-state index is -4.45. The molecule has 2 atom stereocenters. The summed E-state index contributed by atoms with van der Waals surface area (Å²) in [5, 5.41) is 11.9. The molecule has 2 aromatic rings. The number of nitriles is 1. The van der Waals surface area contributed by atoms with E-state index >= 15 is 0 Å². The number of carbonyl (C=O) groups excluding carboxylic acids is 2. The van der Waals surface area contributed by atoms with Gasteiger partial charge >= 0.3 is 6.18 Å². The zero-order valence-electron chi connectivity index (χ0n) is 21.6. The highest BCUT2D eigenvalue weighted by Crippen LogP contribution is 2.39. The van der Waals surface area contributed by atoms with Crippen molar-refractivity contribution in [2.24, 2.45) is 11.8 Å². The number of sulfonamides is 1. The van der Waals surface area contributed by atoms with Crippen molar-refractivity contribution >= 4 is 21.8 Å². The second-order valence-electron chi connectivity index (χ2n) is 10.7. The first-order chi connectivity index (χ1) is 19.0. The van der Waals surface area contributed by atoms with Crippen LogP contribution in [0.5, 0.6) is 0 Å².